The summed E-state index contributed by atoms with van der Waals surface area (Å²) in [7, 11) is 0. The summed E-state index contributed by atoms with van der Waals surface area (Å²) in [6.07, 6.45) is 3.40. The van der Waals surface area contributed by atoms with E-state index >= 15 is 0 Å². The molecule has 2 aromatic rings. The van der Waals surface area contributed by atoms with Gasteiger partial charge in [-0.25, -0.2) is 0 Å². The standard InChI is InChI=1S/C8H9BrN4/c1-2-13-6-4-11-3-5(10)7(6)8(9)12-13/h3-4H,2,10H2,1H3. The SMILES string of the molecule is CCn1nc(Br)c2c(N)cncc21. The first kappa shape index (κ1) is 8.50. The van der Waals surface area contributed by atoms with Crippen molar-refractivity contribution in [2.45, 2.75) is 13.5 Å². The number of hydrogen-bond acceptors (Lipinski definition) is 3. The van der Waals surface area contributed by atoms with Crippen molar-refractivity contribution >= 4 is 32.5 Å². The first-order chi connectivity index (χ1) is 6.24. The molecule has 2 N–H and O–H groups in total. The molecule has 0 saturated heterocycles. The molecule has 4 nitrogen and oxygen atoms in total. The Bertz CT molecular complexity index is 449. The van der Waals surface area contributed by atoms with Gasteiger partial charge in [0, 0.05) is 6.54 Å². The predicted molar refractivity (Wildman–Crippen MR) is 55.3 cm³/mol. The first-order valence-electron chi connectivity index (χ1n) is 3.99. The highest BCUT2D eigenvalue weighted by Crippen LogP contribution is 2.27. The minimum absolute atomic E-state index is 0.657. The van der Waals surface area contributed by atoms with Crippen LogP contribution in [0.3, 0.4) is 0 Å². The van der Waals surface area contributed by atoms with Gasteiger partial charge in [0.05, 0.1) is 29.0 Å². The van der Waals surface area contributed by atoms with Gasteiger partial charge in [0.15, 0.2) is 0 Å². The number of pyridine rings is 1. The van der Waals surface area contributed by atoms with Gasteiger partial charge < -0.3 is 5.73 Å². The van der Waals surface area contributed by atoms with Crippen LogP contribution in [0.25, 0.3) is 10.9 Å². The Balaban J connectivity index is 2.87. The molecule has 0 fully saturated rings. The maximum Gasteiger partial charge on any atom is 0.138 e. The number of nitrogens with zero attached hydrogens (tertiary/aromatic N) is 3. The van der Waals surface area contributed by atoms with E-state index in [1.165, 1.54) is 0 Å². The van der Waals surface area contributed by atoms with Crippen molar-refractivity contribution in [3.05, 3.63) is 17.0 Å². The number of nitrogen functional groups attached to an aromatic ring is 1. The van der Waals surface area contributed by atoms with Crippen molar-refractivity contribution in [1.29, 1.82) is 0 Å². The second-order valence-corrected chi connectivity index (χ2v) is 3.48. The lowest BCUT2D eigenvalue weighted by Crippen LogP contribution is -1.96. The van der Waals surface area contributed by atoms with Crippen molar-refractivity contribution in [1.82, 2.24) is 14.8 Å². The summed E-state index contributed by atoms with van der Waals surface area (Å²) >= 11 is 3.37. The van der Waals surface area contributed by atoms with E-state index < -0.39 is 0 Å². The highest BCUT2D eigenvalue weighted by Gasteiger charge is 2.09. The summed E-state index contributed by atoms with van der Waals surface area (Å²) in [5.41, 5.74) is 7.40. The summed E-state index contributed by atoms with van der Waals surface area (Å²) in [5, 5.41) is 5.22. The van der Waals surface area contributed by atoms with Crippen LogP contribution in [0.15, 0.2) is 17.0 Å². The highest BCUT2D eigenvalue weighted by molar-refractivity contribution is 9.10. The Morgan fingerprint density at radius 3 is 3.00 bits per heavy atom. The summed E-state index contributed by atoms with van der Waals surface area (Å²) in [6.45, 7) is 2.84. The number of rotatable bonds is 1. The van der Waals surface area contributed by atoms with E-state index in [-0.39, 0.29) is 0 Å². The molecule has 0 bridgehead atoms. The maximum atomic E-state index is 5.78. The van der Waals surface area contributed by atoms with Gasteiger partial charge in [0.2, 0.25) is 0 Å². The molecule has 0 radical (unpaired) electrons. The Kier molecular flexibility index (Phi) is 1.95. The Morgan fingerprint density at radius 2 is 2.31 bits per heavy atom. The number of halogens is 1. The van der Waals surface area contributed by atoms with E-state index in [1.807, 2.05) is 11.6 Å². The third kappa shape index (κ3) is 1.19. The van der Waals surface area contributed by atoms with Gasteiger partial charge in [-0.3, -0.25) is 9.67 Å². The molecule has 0 unspecified atom stereocenters. The van der Waals surface area contributed by atoms with E-state index in [1.54, 1.807) is 12.4 Å². The van der Waals surface area contributed by atoms with Crippen molar-refractivity contribution in [3.63, 3.8) is 0 Å². The summed E-state index contributed by atoms with van der Waals surface area (Å²) in [4.78, 5) is 4.03. The van der Waals surface area contributed by atoms with Crippen LogP contribution in [-0.2, 0) is 6.54 Å². The van der Waals surface area contributed by atoms with Gasteiger partial charge in [-0.05, 0) is 22.9 Å². The normalized spacial score (nSPS) is 10.9. The second-order valence-electron chi connectivity index (χ2n) is 2.73. The van der Waals surface area contributed by atoms with E-state index in [9.17, 15) is 0 Å². The van der Waals surface area contributed by atoms with Crippen LogP contribution in [-0.4, -0.2) is 14.8 Å². The molecule has 2 aromatic heterocycles. The van der Waals surface area contributed by atoms with Crippen LogP contribution < -0.4 is 5.73 Å². The van der Waals surface area contributed by atoms with E-state index in [0.29, 0.717) is 5.69 Å². The Hall–Kier alpha value is -1.10. The smallest absolute Gasteiger partial charge is 0.138 e. The van der Waals surface area contributed by atoms with Crippen LogP contribution >= 0.6 is 15.9 Å². The van der Waals surface area contributed by atoms with Crippen molar-refractivity contribution < 1.29 is 0 Å². The molecule has 0 aliphatic carbocycles. The molecular formula is C8H9BrN4. The van der Waals surface area contributed by atoms with Crippen molar-refractivity contribution in [3.8, 4) is 0 Å². The molecule has 2 heterocycles. The number of hydrogen-bond donors (Lipinski definition) is 1. The van der Waals surface area contributed by atoms with Gasteiger partial charge in [-0.15, -0.1) is 0 Å². The lowest BCUT2D eigenvalue weighted by molar-refractivity contribution is 0.678. The average Bonchev–Trinajstić information content (AvgIpc) is 2.44. The molecular weight excluding hydrogens is 232 g/mol. The molecule has 0 spiro atoms. The van der Waals surface area contributed by atoms with Gasteiger partial charge in [-0.1, -0.05) is 0 Å². The van der Waals surface area contributed by atoms with E-state index in [2.05, 4.69) is 26.0 Å². The molecule has 2 rings (SSSR count). The largest absolute Gasteiger partial charge is 0.397 e. The number of aryl methyl sites for hydroxylation is 1. The highest BCUT2D eigenvalue weighted by atomic mass is 79.9. The first-order valence-corrected chi connectivity index (χ1v) is 4.78. The number of aromatic nitrogens is 3. The molecule has 0 aliphatic rings. The van der Waals surface area contributed by atoms with Gasteiger partial charge in [0.25, 0.3) is 0 Å². The molecule has 0 aliphatic heterocycles. The summed E-state index contributed by atoms with van der Waals surface area (Å²) in [6, 6.07) is 0. The molecule has 68 valence electrons. The van der Waals surface area contributed by atoms with Crippen LogP contribution in [0, 0.1) is 0 Å². The number of fused-ring (bicyclic) bond motifs is 1. The Labute approximate surface area is 83.9 Å². The zero-order chi connectivity index (χ0) is 9.42. The molecule has 5 heteroatoms. The fraction of sp³-hybridized carbons (Fsp3) is 0.250. The maximum absolute atomic E-state index is 5.78. The minimum Gasteiger partial charge on any atom is -0.397 e. The average molecular weight is 241 g/mol. The zero-order valence-electron chi connectivity index (χ0n) is 7.16. The predicted octanol–water partition coefficient (Wildman–Crippen LogP) is 1.80. The fourth-order valence-corrected chi connectivity index (χ4v) is 1.96. The summed E-state index contributed by atoms with van der Waals surface area (Å²) in [5.74, 6) is 0. The third-order valence-electron chi connectivity index (χ3n) is 1.95. The van der Waals surface area contributed by atoms with Crippen LogP contribution in [0.4, 0.5) is 5.69 Å². The van der Waals surface area contributed by atoms with Crippen molar-refractivity contribution in [2.24, 2.45) is 0 Å². The van der Waals surface area contributed by atoms with Crippen LogP contribution in [0.1, 0.15) is 6.92 Å². The molecule has 13 heavy (non-hydrogen) atoms. The molecule has 0 atom stereocenters. The molecule has 0 amide bonds. The second kappa shape index (κ2) is 2.99. The van der Waals surface area contributed by atoms with E-state index in [0.717, 1.165) is 22.1 Å². The molecule has 0 aromatic carbocycles. The fourth-order valence-electron chi connectivity index (χ4n) is 1.34. The quantitative estimate of drug-likeness (QED) is 0.828. The number of anilines is 1. The monoisotopic (exact) mass is 240 g/mol. The molecule has 0 saturated carbocycles. The third-order valence-corrected chi connectivity index (χ3v) is 2.50. The zero-order valence-corrected chi connectivity index (χ0v) is 8.74. The van der Waals surface area contributed by atoms with Gasteiger partial charge in [0.1, 0.15) is 4.60 Å². The minimum atomic E-state index is 0.657. The van der Waals surface area contributed by atoms with Crippen LogP contribution in [0.5, 0.6) is 0 Å². The lowest BCUT2D eigenvalue weighted by Gasteiger charge is -1.97. The van der Waals surface area contributed by atoms with E-state index in [4.69, 9.17) is 5.73 Å². The van der Waals surface area contributed by atoms with Crippen molar-refractivity contribution in [2.75, 3.05) is 5.73 Å². The Morgan fingerprint density at radius 1 is 1.54 bits per heavy atom. The van der Waals surface area contributed by atoms with Gasteiger partial charge in [-0.2, -0.15) is 5.10 Å². The lowest BCUT2D eigenvalue weighted by atomic mass is 10.3. The summed E-state index contributed by atoms with van der Waals surface area (Å²) < 4.78 is 2.65. The number of nitrogens with two attached hydrogens (primary N) is 1. The van der Waals surface area contributed by atoms with Gasteiger partial charge >= 0.3 is 0 Å². The van der Waals surface area contributed by atoms with Crippen LogP contribution in [0.2, 0.25) is 0 Å². The topological polar surface area (TPSA) is 56.7 Å².